The smallest absolute Gasteiger partial charge is 0.0329 e. The van der Waals surface area contributed by atoms with Crippen LogP contribution in [0, 0.1) is 0 Å². The van der Waals surface area contributed by atoms with E-state index in [1.54, 1.807) is 19.3 Å². The normalized spacial score (nSPS) is 12.5. The van der Waals surface area contributed by atoms with Gasteiger partial charge in [-0.15, -0.1) is 0 Å². The molecule has 2 nitrogen and oxygen atoms in total. The highest BCUT2D eigenvalue weighted by Crippen LogP contribution is 1.77. The molecule has 0 radical (unpaired) electrons. The van der Waals surface area contributed by atoms with Crippen LogP contribution in [0.1, 0.15) is 6.92 Å². The van der Waals surface area contributed by atoms with Crippen LogP contribution in [0.4, 0.5) is 0 Å². The van der Waals surface area contributed by atoms with Gasteiger partial charge >= 0.3 is 0 Å². The number of hydrogen-bond donors (Lipinski definition) is 0. The number of rotatable bonds is 2. The summed E-state index contributed by atoms with van der Waals surface area (Å²) in [7, 11) is 1.74. The van der Waals surface area contributed by atoms with Crippen LogP contribution in [-0.4, -0.2) is 19.5 Å². The van der Waals surface area contributed by atoms with Crippen LogP contribution in [0.25, 0.3) is 0 Å². The van der Waals surface area contributed by atoms with Gasteiger partial charge in [-0.25, -0.2) is 0 Å². The van der Waals surface area contributed by atoms with E-state index in [1.807, 2.05) is 6.92 Å². The van der Waals surface area contributed by atoms with Gasteiger partial charge in [0.2, 0.25) is 0 Å². The molecule has 0 aliphatic carbocycles. The largest absolute Gasteiger partial charge is 0.293 e. The van der Waals surface area contributed by atoms with Gasteiger partial charge in [-0.3, -0.25) is 9.98 Å². The summed E-state index contributed by atoms with van der Waals surface area (Å²) >= 11 is 0. The fourth-order valence-electron chi connectivity index (χ4n) is 0.235. The van der Waals surface area contributed by atoms with Crippen LogP contribution in [-0.2, 0) is 0 Å². The maximum Gasteiger partial charge on any atom is 0.0329 e. The third-order valence-corrected chi connectivity index (χ3v) is 0.774. The Balaban J connectivity index is 3.69. The van der Waals surface area contributed by atoms with E-state index in [1.165, 1.54) is 0 Å². The fraction of sp³-hybridized carbons (Fsp3) is 0.333. The molecule has 0 fully saturated rings. The Morgan fingerprint density at radius 3 is 2.62 bits per heavy atom. The molecule has 0 saturated carbocycles. The first-order valence-electron chi connectivity index (χ1n) is 2.37. The molecule has 0 aromatic rings. The van der Waals surface area contributed by atoms with Crippen molar-refractivity contribution >= 4 is 12.4 Å². The number of hydrogen-bond acceptors (Lipinski definition) is 2. The van der Waals surface area contributed by atoms with Crippen molar-refractivity contribution in [1.82, 2.24) is 0 Å². The highest BCUT2D eigenvalue weighted by molar-refractivity contribution is 5.92. The van der Waals surface area contributed by atoms with Crippen LogP contribution in [0.2, 0.25) is 0 Å². The van der Waals surface area contributed by atoms with E-state index in [0.717, 1.165) is 5.71 Å². The molecule has 0 bridgehead atoms. The molecule has 0 atom stereocenters. The lowest BCUT2D eigenvalue weighted by molar-refractivity contribution is 1.43. The second-order valence-electron chi connectivity index (χ2n) is 1.36. The van der Waals surface area contributed by atoms with E-state index in [4.69, 9.17) is 0 Å². The van der Waals surface area contributed by atoms with Gasteiger partial charge in [0.15, 0.2) is 0 Å². The molecule has 0 unspecified atom stereocenters. The second kappa shape index (κ2) is 4.24. The summed E-state index contributed by atoms with van der Waals surface area (Å²) in [4.78, 5) is 7.38. The zero-order valence-electron chi connectivity index (χ0n) is 5.26. The summed E-state index contributed by atoms with van der Waals surface area (Å²) in [5.41, 5.74) is 0.956. The molecular formula is C6H10N2. The Morgan fingerprint density at radius 1 is 1.62 bits per heavy atom. The lowest BCUT2D eigenvalue weighted by Crippen LogP contribution is -1.80. The Labute approximate surface area is 49.7 Å². The first kappa shape index (κ1) is 7.08. The minimum atomic E-state index is 0.956. The van der Waals surface area contributed by atoms with Gasteiger partial charge in [-0.2, -0.15) is 0 Å². The molecule has 0 rings (SSSR count). The van der Waals surface area contributed by atoms with Crippen molar-refractivity contribution in [2.45, 2.75) is 6.92 Å². The van der Waals surface area contributed by atoms with E-state index >= 15 is 0 Å². The maximum atomic E-state index is 3.87. The molecule has 44 valence electrons. The summed E-state index contributed by atoms with van der Waals surface area (Å²) in [6, 6.07) is 0. The summed E-state index contributed by atoms with van der Waals surface area (Å²) < 4.78 is 0. The molecule has 2 heteroatoms. The third-order valence-electron chi connectivity index (χ3n) is 0.774. The number of nitrogens with zero attached hydrogens (tertiary/aromatic N) is 2. The van der Waals surface area contributed by atoms with E-state index in [2.05, 4.69) is 16.7 Å². The van der Waals surface area contributed by atoms with Crippen molar-refractivity contribution in [2.24, 2.45) is 9.98 Å². The van der Waals surface area contributed by atoms with Gasteiger partial charge in [0.25, 0.3) is 0 Å². The van der Waals surface area contributed by atoms with Crippen LogP contribution in [0.3, 0.4) is 0 Å². The average molecular weight is 110 g/mol. The van der Waals surface area contributed by atoms with Gasteiger partial charge in [0.1, 0.15) is 0 Å². The highest BCUT2D eigenvalue weighted by atomic mass is 14.7. The molecule has 0 aromatic heterocycles. The van der Waals surface area contributed by atoms with E-state index in [9.17, 15) is 0 Å². The second-order valence-corrected chi connectivity index (χ2v) is 1.36. The van der Waals surface area contributed by atoms with Crippen molar-refractivity contribution in [3.63, 3.8) is 0 Å². The molecule has 0 aromatic carbocycles. The molecular weight excluding hydrogens is 100 g/mol. The van der Waals surface area contributed by atoms with E-state index in [-0.39, 0.29) is 0 Å². The van der Waals surface area contributed by atoms with Gasteiger partial charge in [-0.1, -0.05) is 0 Å². The molecule has 0 spiro atoms. The van der Waals surface area contributed by atoms with Gasteiger partial charge < -0.3 is 0 Å². The molecule has 0 amide bonds. The average Bonchev–Trinajstić information content (AvgIpc) is 1.83. The quantitative estimate of drug-likeness (QED) is 0.478. The topological polar surface area (TPSA) is 24.7 Å². The van der Waals surface area contributed by atoms with Gasteiger partial charge in [-0.05, 0) is 19.7 Å². The standard InChI is InChI=1S/C6H10N2/c1-6(8-3)4-5-7-2/h4-5H,2H2,1,3H3/b5-4-,8-6-. The maximum absolute atomic E-state index is 3.87. The van der Waals surface area contributed by atoms with Crippen molar-refractivity contribution in [2.75, 3.05) is 7.05 Å². The Morgan fingerprint density at radius 2 is 2.25 bits per heavy atom. The number of allylic oxidation sites excluding steroid dienone is 1. The Hall–Kier alpha value is -0.920. The van der Waals surface area contributed by atoms with E-state index in [0.29, 0.717) is 0 Å². The first-order chi connectivity index (χ1) is 3.81. The zero-order valence-corrected chi connectivity index (χ0v) is 5.26. The van der Waals surface area contributed by atoms with Crippen LogP contribution < -0.4 is 0 Å². The lowest BCUT2D eigenvalue weighted by atomic mass is 10.4. The zero-order chi connectivity index (χ0) is 6.41. The van der Waals surface area contributed by atoms with Gasteiger partial charge in [0.05, 0.1) is 0 Å². The summed E-state index contributed by atoms with van der Waals surface area (Å²) in [6.07, 6.45) is 3.41. The van der Waals surface area contributed by atoms with E-state index < -0.39 is 0 Å². The lowest BCUT2D eigenvalue weighted by Gasteiger charge is -1.81. The summed E-state index contributed by atoms with van der Waals surface area (Å²) in [5, 5.41) is 0. The predicted octanol–water partition coefficient (Wildman–Crippen LogP) is 1.29. The molecule has 0 heterocycles. The first-order valence-corrected chi connectivity index (χ1v) is 2.37. The number of aliphatic imine (C=N–C) groups is 2. The minimum Gasteiger partial charge on any atom is -0.293 e. The molecule has 0 N–H and O–H groups in total. The Bertz CT molecular complexity index is 122. The highest BCUT2D eigenvalue weighted by Gasteiger charge is 1.73. The van der Waals surface area contributed by atoms with Crippen molar-refractivity contribution in [1.29, 1.82) is 0 Å². The Kier molecular flexibility index (Phi) is 3.76. The molecule has 0 aliphatic heterocycles. The van der Waals surface area contributed by atoms with Crippen LogP contribution >= 0.6 is 0 Å². The monoisotopic (exact) mass is 110 g/mol. The summed E-state index contributed by atoms with van der Waals surface area (Å²) in [5.74, 6) is 0. The van der Waals surface area contributed by atoms with Crippen molar-refractivity contribution in [3.8, 4) is 0 Å². The predicted molar refractivity (Wildman–Crippen MR) is 37.7 cm³/mol. The van der Waals surface area contributed by atoms with Crippen LogP contribution in [0.5, 0.6) is 0 Å². The van der Waals surface area contributed by atoms with Crippen LogP contribution in [0.15, 0.2) is 22.3 Å². The van der Waals surface area contributed by atoms with Gasteiger partial charge in [0, 0.05) is 19.0 Å². The van der Waals surface area contributed by atoms with Crippen molar-refractivity contribution in [3.05, 3.63) is 12.3 Å². The molecule has 0 aliphatic rings. The summed E-state index contributed by atoms with van der Waals surface area (Å²) in [6.45, 7) is 5.18. The van der Waals surface area contributed by atoms with Crippen molar-refractivity contribution < 1.29 is 0 Å². The molecule has 8 heavy (non-hydrogen) atoms. The SMILES string of the molecule is C=N/C=C\C(C)=N/C. The molecule has 0 saturated heterocycles. The minimum absolute atomic E-state index is 0.956. The fourth-order valence-corrected chi connectivity index (χ4v) is 0.235. The third kappa shape index (κ3) is 3.28.